The SMILES string of the molecule is COC(C)(C)C(=O)Nc1cc(C#CCCO)ccn1. The van der Waals surface area contributed by atoms with Crippen LogP contribution in [-0.4, -0.2) is 35.3 Å². The Hall–Kier alpha value is -1.90. The van der Waals surface area contributed by atoms with E-state index in [4.69, 9.17) is 9.84 Å². The number of pyridine rings is 1. The first kappa shape index (κ1) is 15.2. The third-order valence-corrected chi connectivity index (χ3v) is 2.53. The maximum Gasteiger partial charge on any atom is 0.257 e. The van der Waals surface area contributed by atoms with E-state index in [1.165, 1.54) is 7.11 Å². The molecule has 1 aromatic heterocycles. The van der Waals surface area contributed by atoms with Gasteiger partial charge in [0.05, 0.1) is 6.61 Å². The monoisotopic (exact) mass is 262 g/mol. The first-order chi connectivity index (χ1) is 8.99. The van der Waals surface area contributed by atoms with E-state index < -0.39 is 5.60 Å². The first-order valence-electron chi connectivity index (χ1n) is 5.92. The van der Waals surface area contributed by atoms with Gasteiger partial charge in [-0.2, -0.15) is 0 Å². The Morgan fingerprint density at radius 2 is 2.32 bits per heavy atom. The van der Waals surface area contributed by atoms with Crippen LogP contribution in [0.5, 0.6) is 0 Å². The number of aliphatic hydroxyl groups excluding tert-OH is 1. The molecule has 1 heterocycles. The molecule has 2 N–H and O–H groups in total. The second-order valence-corrected chi connectivity index (χ2v) is 4.37. The van der Waals surface area contributed by atoms with Gasteiger partial charge in [0.2, 0.25) is 0 Å². The number of hydrogen-bond donors (Lipinski definition) is 2. The summed E-state index contributed by atoms with van der Waals surface area (Å²) in [6, 6.07) is 3.41. The van der Waals surface area contributed by atoms with E-state index in [1.54, 1.807) is 32.2 Å². The highest BCUT2D eigenvalue weighted by atomic mass is 16.5. The summed E-state index contributed by atoms with van der Waals surface area (Å²) < 4.78 is 5.09. The molecule has 5 heteroatoms. The molecule has 0 saturated heterocycles. The topological polar surface area (TPSA) is 71.5 Å². The van der Waals surface area contributed by atoms with Crippen molar-refractivity contribution in [2.24, 2.45) is 0 Å². The molecule has 0 spiro atoms. The number of anilines is 1. The summed E-state index contributed by atoms with van der Waals surface area (Å²) in [5.74, 6) is 5.83. The van der Waals surface area contributed by atoms with E-state index in [9.17, 15) is 4.79 Å². The molecule has 0 aliphatic carbocycles. The summed E-state index contributed by atoms with van der Waals surface area (Å²) in [5.41, 5.74) is -0.186. The Morgan fingerprint density at radius 3 is 2.95 bits per heavy atom. The van der Waals surface area contributed by atoms with Gasteiger partial charge >= 0.3 is 0 Å². The van der Waals surface area contributed by atoms with Gasteiger partial charge in [0.15, 0.2) is 0 Å². The molecular formula is C14H18N2O3. The number of rotatable bonds is 4. The van der Waals surface area contributed by atoms with Crippen LogP contribution < -0.4 is 5.32 Å². The lowest BCUT2D eigenvalue weighted by molar-refractivity contribution is -0.133. The van der Waals surface area contributed by atoms with Gasteiger partial charge in [-0.25, -0.2) is 4.98 Å². The van der Waals surface area contributed by atoms with Crippen molar-refractivity contribution in [2.75, 3.05) is 19.0 Å². The molecule has 1 amide bonds. The highest BCUT2D eigenvalue weighted by molar-refractivity contribution is 5.96. The number of aromatic nitrogens is 1. The normalized spacial score (nSPS) is 10.5. The Kier molecular flexibility index (Phi) is 5.49. The van der Waals surface area contributed by atoms with Gasteiger partial charge in [0, 0.05) is 25.3 Å². The molecule has 0 radical (unpaired) electrons. The number of methoxy groups -OCH3 is 1. The minimum atomic E-state index is -0.916. The van der Waals surface area contributed by atoms with Crippen LogP contribution in [0.25, 0.3) is 0 Å². The Balaban J connectivity index is 2.78. The Bertz CT molecular complexity index is 501. The summed E-state index contributed by atoms with van der Waals surface area (Å²) in [6.07, 6.45) is 1.99. The summed E-state index contributed by atoms with van der Waals surface area (Å²) in [6.45, 7) is 3.38. The van der Waals surface area contributed by atoms with Crippen molar-refractivity contribution in [3.8, 4) is 11.8 Å². The van der Waals surface area contributed by atoms with E-state index in [0.717, 1.165) is 5.56 Å². The second kappa shape index (κ2) is 6.88. The number of nitrogens with zero attached hydrogens (tertiary/aromatic N) is 1. The molecule has 0 unspecified atom stereocenters. The molecule has 0 saturated carbocycles. The predicted octanol–water partition coefficient (Wildman–Crippen LogP) is 1.18. The van der Waals surface area contributed by atoms with E-state index in [1.807, 2.05) is 0 Å². The predicted molar refractivity (Wildman–Crippen MR) is 72.5 cm³/mol. The Labute approximate surface area is 113 Å². The second-order valence-electron chi connectivity index (χ2n) is 4.37. The molecule has 5 nitrogen and oxygen atoms in total. The van der Waals surface area contributed by atoms with Crippen LogP contribution in [0.3, 0.4) is 0 Å². The Morgan fingerprint density at radius 1 is 1.58 bits per heavy atom. The number of ether oxygens (including phenoxy) is 1. The zero-order valence-corrected chi connectivity index (χ0v) is 11.4. The smallest absolute Gasteiger partial charge is 0.257 e. The molecule has 0 aromatic carbocycles. The van der Waals surface area contributed by atoms with Crippen LogP contribution in [0.2, 0.25) is 0 Å². The molecule has 0 atom stereocenters. The van der Waals surface area contributed by atoms with Gasteiger partial charge in [-0.1, -0.05) is 11.8 Å². The largest absolute Gasteiger partial charge is 0.395 e. The van der Waals surface area contributed by atoms with Crippen LogP contribution in [0.15, 0.2) is 18.3 Å². The zero-order valence-electron chi connectivity index (χ0n) is 11.4. The number of carbonyl (C=O) groups is 1. The van der Waals surface area contributed by atoms with Gasteiger partial charge in [0.1, 0.15) is 11.4 Å². The van der Waals surface area contributed by atoms with Gasteiger partial charge < -0.3 is 15.2 Å². The number of nitrogens with one attached hydrogen (secondary N) is 1. The maximum absolute atomic E-state index is 11.9. The molecule has 0 fully saturated rings. The zero-order chi connectivity index (χ0) is 14.3. The summed E-state index contributed by atoms with van der Waals surface area (Å²) in [4.78, 5) is 15.9. The van der Waals surface area contributed by atoms with Gasteiger partial charge in [-0.15, -0.1) is 0 Å². The van der Waals surface area contributed by atoms with Gasteiger partial charge in [0.25, 0.3) is 5.91 Å². The fraction of sp³-hybridized carbons (Fsp3) is 0.429. The number of aliphatic hydroxyl groups is 1. The molecule has 0 aliphatic heterocycles. The minimum Gasteiger partial charge on any atom is -0.395 e. The van der Waals surface area contributed by atoms with Crippen LogP contribution in [0.4, 0.5) is 5.82 Å². The van der Waals surface area contributed by atoms with E-state index in [-0.39, 0.29) is 12.5 Å². The molecule has 1 rings (SSSR count). The number of carbonyl (C=O) groups excluding carboxylic acids is 1. The number of hydrogen-bond acceptors (Lipinski definition) is 4. The molecule has 1 aromatic rings. The standard InChI is InChI=1S/C14H18N2O3/c1-14(2,19-3)13(18)16-12-10-11(7-8-15-12)6-4-5-9-17/h7-8,10,17H,5,9H2,1-3H3,(H,15,16,18). The highest BCUT2D eigenvalue weighted by Gasteiger charge is 2.27. The third kappa shape index (κ3) is 4.70. The fourth-order valence-electron chi connectivity index (χ4n) is 1.16. The van der Waals surface area contributed by atoms with Gasteiger partial charge in [-0.3, -0.25) is 4.79 Å². The first-order valence-corrected chi connectivity index (χ1v) is 5.92. The molecular weight excluding hydrogens is 244 g/mol. The van der Waals surface area contributed by atoms with E-state index in [0.29, 0.717) is 12.2 Å². The van der Waals surface area contributed by atoms with Crippen molar-refractivity contribution in [2.45, 2.75) is 25.9 Å². The molecule has 0 aliphatic rings. The van der Waals surface area contributed by atoms with Crippen molar-refractivity contribution in [3.05, 3.63) is 23.9 Å². The summed E-state index contributed by atoms with van der Waals surface area (Å²) in [7, 11) is 1.48. The average molecular weight is 262 g/mol. The molecule has 19 heavy (non-hydrogen) atoms. The lowest BCUT2D eigenvalue weighted by atomic mass is 10.1. The minimum absolute atomic E-state index is 0.0315. The van der Waals surface area contributed by atoms with Crippen molar-refractivity contribution in [1.29, 1.82) is 0 Å². The lowest BCUT2D eigenvalue weighted by Crippen LogP contribution is -2.39. The number of amides is 1. The molecule has 102 valence electrons. The summed E-state index contributed by atoms with van der Waals surface area (Å²) >= 11 is 0. The third-order valence-electron chi connectivity index (χ3n) is 2.53. The van der Waals surface area contributed by atoms with Crippen LogP contribution >= 0.6 is 0 Å². The van der Waals surface area contributed by atoms with E-state index in [2.05, 4.69) is 22.1 Å². The molecule has 0 bridgehead atoms. The van der Waals surface area contributed by atoms with Crippen molar-refractivity contribution in [1.82, 2.24) is 4.98 Å². The van der Waals surface area contributed by atoms with Crippen molar-refractivity contribution < 1.29 is 14.6 Å². The average Bonchev–Trinajstić information content (AvgIpc) is 2.39. The van der Waals surface area contributed by atoms with Crippen molar-refractivity contribution >= 4 is 11.7 Å². The summed E-state index contributed by atoms with van der Waals surface area (Å²) in [5, 5.41) is 11.3. The van der Waals surface area contributed by atoms with E-state index >= 15 is 0 Å². The van der Waals surface area contributed by atoms with Gasteiger partial charge in [-0.05, 0) is 26.0 Å². The quantitative estimate of drug-likeness (QED) is 0.799. The van der Waals surface area contributed by atoms with Crippen molar-refractivity contribution in [3.63, 3.8) is 0 Å². The maximum atomic E-state index is 11.9. The van der Waals surface area contributed by atoms with Crippen LogP contribution in [0, 0.1) is 11.8 Å². The fourth-order valence-corrected chi connectivity index (χ4v) is 1.16. The lowest BCUT2D eigenvalue weighted by Gasteiger charge is -2.21. The van der Waals surface area contributed by atoms with Crippen LogP contribution in [-0.2, 0) is 9.53 Å². The van der Waals surface area contributed by atoms with Crippen LogP contribution in [0.1, 0.15) is 25.8 Å². The highest BCUT2D eigenvalue weighted by Crippen LogP contribution is 2.12.